The second-order valence-corrected chi connectivity index (χ2v) is 8.52. The van der Waals surface area contributed by atoms with Crippen LogP contribution in [-0.2, 0) is 9.59 Å². The summed E-state index contributed by atoms with van der Waals surface area (Å²) in [4.78, 5) is 27.6. The van der Waals surface area contributed by atoms with Gasteiger partial charge in [0.05, 0.1) is 37.6 Å². The van der Waals surface area contributed by atoms with Crippen molar-refractivity contribution < 1.29 is 37.7 Å². The van der Waals surface area contributed by atoms with Gasteiger partial charge in [-0.2, -0.15) is 0 Å². The van der Waals surface area contributed by atoms with E-state index in [0.717, 1.165) is 17.0 Å². The molecule has 0 saturated carbocycles. The van der Waals surface area contributed by atoms with E-state index in [1.54, 1.807) is 50.2 Å². The summed E-state index contributed by atoms with van der Waals surface area (Å²) in [5.74, 6) is -3.07. The van der Waals surface area contributed by atoms with E-state index in [1.165, 1.54) is 7.11 Å². The number of hydrogen-bond acceptors (Lipinski definition) is 6. The average molecular weight is 524 g/mol. The zero-order chi connectivity index (χ0) is 27.6. The Morgan fingerprint density at radius 1 is 0.921 bits per heavy atom. The SMILES string of the molecule is CCOc1ccc(/C(O)=C2\C(=O)C(=O)N(c3ccc(F)cc3F)C2c2ccc(OC)c(OCC)c2)cc1C. The number of ketones is 1. The second kappa shape index (κ2) is 10.9. The Morgan fingerprint density at radius 2 is 1.61 bits per heavy atom. The molecule has 1 fully saturated rings. The maximum atomic E-state index is 14.9. The van der Waals surface area contributed by atoms with Crippen LogP contribution in [0.4, 0.5) is 14.5 Å². The Labute approximate surface area is 218 Å². The first-order chi connectivity index (χ1) is 18.2. The number of amides is 1. The minimum Gasteiger partial charge on any atom is -0.507 e. The van der Waals surface area contributed by atoms with Gasteiger partial charge >= 0.3 is 0 Å². The molecule has 3 aromatic carbocycles. The van der Waals surface area contributed by atoms with E-state index >= 15 is 0 Å². The predicted molar refractivity (Wildman–Crippen MR) is 138 cm³/mol. The Kier molecular flexibility index (Phi) is 7.66. The van der Waals surface area contributed by atoms with Crippen LogP contribution in [0.2, 0.25) is 0 Å². The summed E-state index contributed by atoms with van der Waals surface area (Å²) in [7, 11) is 1.46. The third-order valence-corrected chi connectivity index (χ3v) is 6.17. The first-order valence-electron chi connectivity index (χ1n) is 12.0. The number of nitrogens with zero attached hydrogens (tertiary/aromatic N) is 1. The summed E-state index contributed by atoms with van der Waals surface area (Å²) >= 11 is 0. The average Bonchev–Trinajstić information content (AvgIpc) is 3.15. The number of aryl methyl sites for hydroxylation is 1. The first kappa shape index (κ1) is 26.7. The van der Waals surface area contributed by atoms with Gasteiger partial charge in [-0.25, -0.2) is 8.78 Å². The van der Waals surface area contributed by atoms with Crippen molar-refractivity contribution in [3.05, 3.63) is 88.5 Å². The number of aliphatic hydroxyl groups is 1. The Balaban J connectivity index is 1.96. The molecule has 38 heavy (non-hydrogen) atoms. The number of hydrogen-bond donors (Lipinski definition) is 1. The van der Waals surface area contributed by atoms with Crippen molar-refractivity contribution in [3.63, 3.8) is 0 Å². The monoisotopic (exact) mass is 523 g/mol. The van der Waals surface area contributed by atoms with Crippen LogP contribution in [0, 0.1) is 18.6 Å². The fourth-order valence-electron chi connectivity index (χ4n) is 4.47. The molecule has 9 heteroatoms. The van der Waals surface area contributed by atoms with E-state index in [2.05, 4.69) is 0 Å². The standard InChI is InChI=1S/C29H27F2NO6/c1-5-37-22-11-8-18(13-16(22)3)27(33)25-26(17-7-12-23(36-4)24(14-17)38-6-2)32(29(35)28(25)34)21-10-9-19(30)15-20(21)31/h7-15,26,33H,5-6H2,1-4H3/b27-25+. The van der Waals surface area contributed by atoms with Gasteiger partial charge in [0.25, 0.3) is 11.7 Å². The van der Waals surface area contributed by atoms with E-state index in [0.29, 0.717) is 47.7 Å². The number of halogens is 2. The third-order valence-electron chi connectivity index (χ3n) is 6.17. The fraction of sp³-hybridized carbons (Fsp3) is 0.241. The molecule has 198 valence electrons. The molecule has 1 aliphatic heterocycles. The lowest BCUT2D eigenvalue weighted by atomic mass is 9.94. The molecule has 3 aromatic rings. The Morgan fingerprint density at radius 3 is 2.24 bits per heavy atom. The molecule has 4 rings (SSSR count). The van der Waals surface area contributed by atoms with Gasteiger partial charge in [0.1, 0.15) is 23.1 Å². The van der Waals surface area contributed by atoms with Crippen molar-refractivity contribution >= 4 is 23.1 Å². The molecule has 1 saturated heterocycles. The second-order valence-electron chi connectivity index (χ2n) is 8.52. The van der Waals surface area contributed by atoms with Crippen LogP contribution in [0.1, 0.15) is 36.6 Å². The maximum absolute atomic E-state index is 14.9. The van der Waals surface area contributed by atoms with E-state index in [-0.39, 0.29) is 16.8 Å². The third kappa shape index (κ3) is 4.79. The van der Waals surface area contributed by atoms with Crippen molar-refractivity contribution in [1.82, 2.24) is 0 Å². The van der Waals surface area contributed by atoms with Gasteiger partial charge in [-0.1, -0.05) is 6.07 Å². The zero-order valence-electron chi connectivity index (χ0n) is 21.4. The highest BCUT2D eigenvalue weighted by molar-refractivity contribution is 6.51. The molecule has 1 unspecified atom stereocenters. The van der Waals surface area contributed by atoms with Gasteiger partial charge in [0, 0.05) is 11.6 Å². The summed E-state index contributed by atoms with van der Waals surface area (Å²) in [6.07, 6.45) is 0. The molecule has 0 aromatic heterocycles. The molecule has 0 radical (unpaired) electrons. The molecular formula is C29H27F2NO6. The number of ether oxygens (including phenoxy) is 3. The van der Waals surface area contributed by atoms with Gasteiger partial charge in [-0.15, -0.1) is 0 Å². The highest BCUT2D eigenvalue weighted by Gasteiger charge is 2.48. The summed E-state index contributed by atoms with van der Waals surface area (Å²) in [5, 5.41) is 11.4. The van der Waals surface area contributed by atoms with Gasteiger partial charge in [0.2, 0.25) is 0 Å². The van der Waals surface area contributed by atoms with Crippen molar-refractivity contribution in [2.24, 2.45) is 0 Å². The van der Waals surface area contributed by atoms with Gasteiger partial charge in [-0.3, -0.25) is 14.5 Å². The summed E-state index contributed by atoms with van der Waals surface area (Å²) in [5.41, 5.74) is 0.756. The number of rotatable bonds is 8. The molecule has 1 amide bonds. The van der Waals surface area contributed by atoms with Crippen LogP contribution < -0.4 is 19.1 Å². The quantitative estimate of drug-likeness (QED) is 0.231. The Hall–Kier alpha value is -4.40. The minimum atomic E-state index is -1.24. The van der Waals surface area contributed by atoms with Crippen LogP contribution in [-0.4, -0.2) is 37.1 Å². The van der Waals surface area contributed by atoms with Gasteiger partial charge < -0.3 is 19.3 Å². The van der Waals surface area contributed by atoms with Crippen molar-refractivity contribution in [3.8, 4) is 17.2 Å². The van der Waals surface area contributed by atoms with Gasteiger partial charge in [0.15, 0.2) is 11.5 Å². The predicted octanol–water partition coefficient (Wildman–Crippen LogP) is 5.71. The van der Waals surface area contributed by atoms with Crippen LogP contribution in [0.5, 0.6) is 17.2 Å². The number of benzene rings is 3. The summed E-state index contributed by atoms with van der Waals surface area (Å²) < 4.78 is 45.2. The lowest BCUT2D eigenvalue weighted by molar-refractivity contribution is -0.132. The van der Waals surface area contributed by atoms with Crippen LogP contribution in [0.25, 0.3) is 5.76 Å². The number of methoxy groups -OCH3 is 1. The molecule has 0 aliphatic carbocycles. The van der Waals surface area contributed by atoms with E-state index < -0.39 is 35.1 Å². The van der Waals surface area contributed by atoms with Crippen LogP contribution >= 0.6 is 0 Å². The molecule has 1 N–H and O–H groups in total. The van der Waals surface area contributed by atoms with Gasteiger partial charge in [-0.05, 0) is 74.4 Å². The molecule has 7 nitrogen and oxygen atoms in total. The molecule has 1 atom stereocenters. The molecule has 1 aliphatic rings. The molecule has 0 spiro atoms. The lowest BCUT2D eigenvalue weighted by Gasteiger charge is -2.26. The first-order valence-corrected chi connectivity index (χ1v) is 12.0. The van der Waals surface area contributed by atoms with Crippen molar-refractivity contribution in [1.29, 1.82) is 0 Å². The van der Waals surface area contributed by atoms with Crippen LogP contribution in [0.15, 0.2) is 60.2 Å². The van der Waals surface area contributed by atoms with E-state index in [4.69, 9.17) is 14.2 Å². The molecule has 1 heterocycles. The van der Waals surface area contributed by atoms with E-state index in [9.17, 15) is 23.5 Å². The minimum absolute atomic E-state index is 0.255. The largest absolute Gasteiger partial charge is 0.507 e. The zero-order valence-corrected chi connectivity index (χ0v) is 21.4. The summed E-state index contributed by atoms with van der Waals surface area (Å²) in [6.45, 7) is 6.15. The maximum Gasteiger partial charge on any atom is 0.300 e. The lowest BCUT2D eigenvalue weighted by Crippen LogP contribution is -2.30. The molecular weight excluding hydrogens is 496 g/mol. The highest BCUT2D eigenvalue weighted by atomic mass is 19.1. The Bertz CT molecular complexity index is 1430. The number of anilines is 1. The number of Topliss-reactive ketones (excluding diaryl/α,β-unsaturated/α-hetero) is 1. The fourth-order valence-corrected chi connectivity index (χ4v) is 4.47. The van der Waals surface area contributed by atoms with Crippen molar-refractivity contribution in [2.45, 2.75) is 26.8 Å². The highest BCUT2D eigenvalue weighted by Crippen LogP contribution is 2.45. The normalized spacial score (nSPS) is 16.6. The smallest absolute Gasteiger partial charge is 0.300 e. The number of carbonyl (C=O) groups is 2. The van der Waals surface area contributed by atoms with Crippen molar-refractivity contribution in [2.75, 3.05) is 25.2 Å². The van der Waals surface area contributed by atoms with Crippen LogP contribution in [0.3, 0.4) is 0 Å². The number of aliphatic hydroxyl groups excluding tert-OH is 1. The topological polar surface area (TPSA) is 85.3 Å². The summed E-state index contributed by atoms with van der Waals surface area (Å²) in [6, 6.07) is 11.0. The number of carbonyl (C=O) groups excluding carboxylic acids is 2. The van der Waals surface area contributed by atoms with E-state index in [1.807, 2.05) is 6.92 Å². The molecule has 0 bridgehead atoms.